The van der Waals surface area contributed by atoms with Crippen LogP contribution in [0.25, 0.3) is 0 Å². The first-order valence-electron chi connectivity index (χ1n) is 8.07. The Balaban J connectivity index is 1.50. The van der Waals surface area contributed by atoms with Crippen LogP contribution in [0, 0.1) is 0 Å². The number of carbonyl (C=O) groups excluding carboxylic acids is 1. The SMILES string of the molecule is O=C(CNCCCN1CCCC1)N1CCCCCC1. The normalized spacial score (nSPS) is 21.6. The molecule has 0 aliphatic carbocycles. The van der Waals surface area contributed by atoms with Gasteiger partial charge in [0.1, 0.15) is 0 Å². The van der Waals surface area contributed by atoms with Crippen LogP contribution in [-0.4, -0.2) is 61.5 Å². The molecule has 0 aromatic rings. The minimum absolute atomic E-state index is 0.295. The van der Waals surface area contributed by atoms with Crippen molar-refractivity contribution in [3.05, 3.63) is 0 Å². The molecule has 0 bridgehead atoms. The largest absolute Gasteiger partial charge is 0.342 e. The molecule has 19 heavy (non-hydrogen) atoms. The number of hydrogen-bond acceptors (Lipinski definition) is 3. The maximum absolute atomic E-state index is 12.0. The van der Waals surface area contributed by atoms with Crippen molar-refractivity contribution >= 4 is 5.91 Å². The van der Waals surface area contributed by atoms with E-state index in [4.69, 9.17) is 0 Å². The summed E-state index contributed by atoms with van der Waals surface area (Å²) in [6, 6.07) is 0. The van der Waals surface area contributed by atoms with Crippen molar-refractivity contribution in [2.75, 3.05) is 45.8 Å². The standard InChI is InChI=1S/C15H29N3O/c19-15(18-12-3-1-2-4-13-18)14-16-8-7-11-17-9-5-6-10-17/h16H,1-14H2. The number of carbonyl (C=O) groups is 1. The molecule has 2 rings (SSSR count). The Morgan fingerprint density at radius 2 is 1.53 bits per heavy atom. The van der Waals surface area contributed by atoms with Gasteiger partial charge < -0.3 is 15.1 Å². The van der Waals surface area contributed by atoms with Gasteiger partial charge in [0.25, 0.3) is 0 Å². The fourth-order valence-electron chi connectivity index (χ4n) is 3.06. The maximum Gasteiger partial charge on any atom is 0.236 e. The molecule has 0 aromatic carbocycles. The highest BCUT2D eigenvalue weighted by Gasteiger charge is 2.15. The average Bonchev–Trinajstić information content (AvgIpc) is 2.78. The van der Waals surface area contributed by atoms with Crippen molar-refractivity contribution in [2.45, 2.75) is 44.9 Å². The minimum Gasteiger partial charge on any atom is -0.342 e. The highest BCUT2D eigenvalue weighted by molar-refractivity contribution is 5.78. The van der Waals surface area contributed by atoms with Crippen molar-refractivity contribution in [2.24, 2.45) is 0 Å². The Morgan fingerprint density at radius 1 is 0.895 bits per heavy atom. The van der Waals surface area contributed by atoms with Gasteiger partial charge in [-0.15, -0.1) is 0 Å². The molecule has 0 atom stereocenters. The lowest BCUT2D eigenvalue weighted by atomic mass is 10.2. The number of likely N-dealkylation sites (tertiary alicyclic amines) is 2. The summed E-state index contributed by atoms with van der Waals surface area (Å²) >= 11 is 0. The van der Waals surface area contributed by atoms with E-state index in [1.807, 2.05) is 4.90 Å². The van der Waals surface area contributed by atoms with Gasteiger partial charge in [0.05, 0.1) is 6.54 Å². The Hall–Kier alpha value is -0.610. The van der Waals surface area contributed by atoms with Crippen LogP contribution in [0.15, 0.2) is 0 Å². The summed E-state index contributed by atoms with van der Waals surface area (Å²) in [7, 11) is 0. The summed E-state index contributed by atoms with van der Waals surface area (Å²) in [5, 5.41) is 3.31. The van der Waals surface area contributed by atoms with Crippen LogP contribution in [-0.2, 0) is 4.79 Å². The first kappa shape index (κ1) is 14.8. The van der Waals surface area contributed by atoms with E-state index in [1.54, 1.807) is 0 Å². The molecule has 2 saturated heterocycles. The van der Waals surface area contributed by atoms with Gasteiger partial charge in [0, 0.05) is 13.1 Å². The Labute approximate surface area is 117 Å². The lowest BCUT2D eigenvalue weighted by Gasteiger charge is -2.20. The summed E-state index contributed by atoms with van der Waals surface area (Å²) < 4.78 is 0. The molecule has 4 heteroatoms. The van der Waals surface area contributed by atoms with Crippen molar-refractivity contribution in [1.82, 2.24) is 15.1 Å². The van der Waals surface area contributed by atoms with Gasteiger partial charge >= 0.3 is 0 Å². The molecular weight excluding hydrogens is 238 g/mol. The summed E-state index contributed by atoms with van der Waals surface area (Å²) in [5.41, 5.74) is 0. The maximum atomic E-state index is 12.0. The van der Waals surface area contributed by atoms with E-state index in [9.17, 15) is 4.79 Å². The molecule has 0 unspecified atom stereocenters. The molecule has 2 fully saturated rings. The minimum atomic E-state index is 0.295. The number of nitrogens with one attached hydrogen (secondary N) is 1. The van der Waals surface area contributed by atoms with E-state index in [1.165, 1.54) is 58.2 Å². The highest BCUT2D eigenvalue weighted by atomic mass is 16.2. The van der Waals surface area contributed by atoms with Crippen LogP contribution >= 0.6 is 0 Å². The fraction of sp³-hybridized carbons (Fsp3) is 0.933. The van der Waals surface area contributed by atoms with Crippen LogP contribution in [0.4, 0.5) is 0 Å². The molecule has 0 aromatic heterocycles. The summed E-state index contributed by atoms with van der Waals surface area (Å²) in [4.78, 5) is 16.6. The van der Waals surface area contributed by atoms with Gasteiger partial charge in [-0.3, -0.25) is 4.79 Å². The number of rotatable bonds is 6. The molecular formula is C15H29N3O. The molecule has 2 heterocycles. The van der Waals surface area contributed by atoms with Gasteiger partial charge in [-0.1, -0.05) is 12.8 Å². The van der Waals surface area contributed by atoms with Gasteiger partial charge in [-0.2, -0.15) is 0 Å². The van der Waals surface area contributed by atoms with E-state index >= 15 is 0 Å². The number of nitrogens with zero attached hydrogens (tertiary/aromatic N) is 2. The molecule has 1 amide bonds. The third kappa shape index (κ3) is 5.49. The van der Waals surface area contributed by atoms with Gasteiger partial charge in [0.2, 0.25) is 5.91 Å². The summed E-state index contributed by atoms with van der Waals surface area (Å²) in [6.07, 6.45) is 8.82. The van der Waals surface area contributed by atoms with Crippen molar-refractivity contribution in [1.29, 1.82) is 0 Å². The number of amides is 1. The van der Waals surface area contributed by atoms with E-state index in [0.29, 0.717) is 12.5 Å². The first-order chi connectivity index (χ1) is 9.36. The molecule has 0 saturated carbocycles. The van der Waals surface area contributed by atoms with Crippen LogP contribution in [0.1, 0.15) is 44.9 Å². The molecule has 0 radical (unpaired) electrons. The highest BCUT2D eigenvalue weighted by Crippen LogP contribution is 2.09. The van der Waals surface area contributed by atoms with Crippen LogP contribution in [0.2, 0.25) is 0 Å². The lowest BCUT2D eigenvalue weighted by Crippen LogP contribution is -2.39. The average molecular weight is 267 g/mol. The van der Waals surface area contributed by atoms with E-state index in [-0.39, 0.29) is 0 Å². The molecule has 1 N–H and O–H groups in total. The Kier molecular flexibility index (Phi) is 6.65. The third-order valence-electron chi connectivity index (χ3n) is 4.26. The molecule has 0 spiro atoms. The van der Waals surface area contributed by atoms with Crippen LogP contribution in [0.5, 0.6) is 0 Å². The Morgan fingerprint density at radius 3 is 2.21 bits per heavy atom. The van der Waals surface area contributed by atoms with Crippen molar-refractivity contribution in [3.8, 4) is 0 Å². The van der Waals surface area contributed by atoms with E-state index in [2.05, 4.69) is 10.2 Å². The van der Waals surface area contributed by atoms with E-state index in [0.717, 1.165) is 26.1 Å². The lowest BCUT2D eigenvalue weighted by molar-refractivity contribution is -0.130. The van der Waals surface area contributed by atoms with E-state index < -0.39 is 0 Å². The molecule has 2 aliphatic heterocycles. The zero-order valence-corrected chi connectivity index (χ0v) is 12.2. The predicted octanol–water partition coefficient (Wildman–Crippen LogP) is 1.46. The topological polar surface area (TPSA) is 35.6 Å². The monoisotopic (exact) mass is 267 g/mol. The van der Waals surface area contributed by atoms with Gasteiger partial charge in [-0.25, -0.2) is 0 Å². The summed E-state index contributed by atoms with van der Waals surface area (Å²) in [6.45, 7) is 7.16. The third-order valence-corrected chi connectivity index (χ3v) is 4.26. The quantitative estimate of drug-likeness (QED) is 0.740. The van der Waals surface area contributed by atoms with Crippen LogP contribution < -0.4 is 5.32 Å². The second-order valence-corrected chi connectivity index (χ2v) is 5.87. The van der Waals surface area contributed by atoms with Crippen LogP contribution in [0.3, 0.4) is 0 Å². The van der Waals surface area contributed by atoms with Crippen molar-refractivity contribution < 1.29 is 4.79 Å². The van der Waals surface area contributed by atoms with Gasteiger partial charge in [0.15, 0.2) is 0 Å². The smallest absolute Gasteiger partial charge is 0.236 e. The molecule has 110 valence electrons. The van der Waals surface area contributed by atoms with Crippen molar-refractivity contribution in [3.63, 3.8) is 0 Å². The first-order valence-corrected chi connectivity index (χ1v) is 8.07. The van der Waals surface area contributed by atoms with Gasteiger partial charge in [-0.05, 0) is 58.3 Å². The Bertz CT molecular complexity index is 256. The number of hydrogen-bond donors (Lipinski definition) is 1. The zero-order chi connectivity index (χ0) is 13.3. The molecule has 4 nitrogen and oxygen atoms in total. The zero-order valence-electron chi connectivity index (χ0n) is 12.2. The molecule has 2 aliphatic rings. The second kappa shape index (κ2) is 8.54. The second-order valence-electron chi connectivity index (χ2n) is 5.87. The fourth-order valence-corrected chi connectivity index (χ4v) is 3.06. The predicted molar refractivity (Wildman–Crippen MR) is 78.2 cm³/mol. The summed E-state index contributed by atoms with van der Waals surface area (Å²) in [5.74, 6) is 0.295.